The Morgan fingerprint density at radius 1 is 0.722 bits per heavy atom. The Morgan fingerprint density at radius 3 is 1.61 bits per heavy atom. The molecule has 0 N–H and O–H groups in total. The van der Waals surface area contributed by atoms with Gasteiger partial charge in [-0.15, -0.1) is 0 Å². The number of benzene rings is 2. The molecule has 0 bridgehead atoms. The second kappa shape index (κ2) is 5.18. The summed E-state index contributed by atoms with van der Waals surface area (Å²) in [7, 11) is 0. The highest BCUT2D eigenvalue weighted by Crippen LogP contribution is 2.39. The van der Waals surface area contributed by atoms with E-state index in [9.17, 15) is 0 Å². The Bertz CT molecular complexity index is 566. The maximum Gasteiger partial charge on any atom is 0.0222 e. The van der Waals surface area contributed by atoms with Gasteiger partial charge in [0.25, 0.3) is 0 Å². The molecule has 0 aliphatic carbocycles. The first-order valence-electron chi connectivity index (χ1n) is 5.95. The first kappa shape index (κ1) is 13.8. The van der Waals surface area contributed by atoms with Crippen molar-refractivity contribution in [1.82, 2.24) is 0 Å². The van der Waals surface area contributed by atoms with Crippen LogP contribution >= 0.6 is 31.9 Å². The summed E-state index contributed by atoms with van der Waals surface area (Å²) >= 11 is 7.29. The summed E-state index contributed by atoms with van der Waals surface area (Å²) in [4.78, 5) is 0. The van der Waals surface area contributed by atoms with E-state index >= 15 is 0 Å². The van der Waals surface area contributed by atoms with Crippen molar-refractivity contribution in [3.8, 4) is 11.1 Å². The maximum atomic E-state index is 3.65. The number of halogens is 2. The molecule has 0 saturated carbocycles. The van der Waals surface area contributed by atoms with Crippen molar-refractivity contribution in [3.05, 3.63) is 55.5 Å². The van der Waals surface area contributed by atoms with Gasteiger partial charge in [-0.05, 0) is 67.1 Å². The zero-order valence-electron chi connectivity index (χ0n) is 11.1. The molecule has 0 atom stereocenters. The Balaban J connectivity index is 2.87. The zero-order chi connectivity index (χ0) is 13.4. The monoisotopic (exact) mass is 366 g/mol. The van der Waals surface area contributed by atoms with Crippen LogP contribution in [0.2, 0.25) is 0 Å². The van der Waals surface area contributed by atoms with Crippen LogP contribution in [0.4, 0.5) is 0 Å². The molecule has 0 heterocycles. The van der Waals surface area contributed by atoms with E-state index in [1.807, 2.05) is 0 Å². The summed E-state index contributed by atoms with van der Waals surface area (Å²) in [5, 5.41) is 0. The summed E-state index contributed by atoms with van der Waals surface area (Å²) in [6, 6.07) is 8.60. The molecular weight excluding hydrogens is 352 g/mol. The Kier molecular flexibility index (Phi) is 3.98. The topological polar surface area (TPSA) is 0 Å². The fourth-order valence-electron chi connectivity index (χ4n) is 2.43. The predicted molar refractivity (Wildman–Crippen MR) is 86.2 cm³/mol. The minimum absolute atomic E-state index is 1.15. The van der Waals surface area contributed by atoms with Crippen LogP contribution in [0, 0.1) is 27.7 Å². The largest absolute Gasteiger partial charge is 0.0617 e. The van der Waals surface area contributed by atoms with E-state index in [2.05, 4.69) is 83.8 Å². The summed E-state index contributed by atoms with van der Waals surface area (Å²) in [6.45, 7) is 8.70. The highest BCUT2D eigenvalue weighted by molar-refractivity contribution is 9.11. The lowest BCUT2D eigenvalue weighted by atomic mass is 9.90. The molecule has 2 rings (SSSR count). The van der Waals surface area contributed by atoms with Gasteiger partial charge in [-0.3, -0.25) is 0 Å². The molecule has 0 saturated heterocycles. The van der Waals surface area contributed by atoms with Crippen molar-refractivity contribution in [2.24, 2.45) is 0 Å². The van der Waals surface area contributed by atoms with Gasteiger partial charge in [0.2, 0.25) is 0 Å². The van der Waals surface area contributed by atoms with E-state index in [0.717, 1.165) is 8.95 Å². The molecular formula is C16H16Br2. The van der Waals surface area contributed by atoms with Gasteiger partial charge < -0.3 is 0 Å². The predicted octanol–water partition coefficient (Wildman–Crippen LogP) is 6.11. The van der Waals surface area contributed by atoms with Gasteiger partial charge in [-0.25, -0.2) is 0 Å². The van der Waals surface area contributed by atoms with Gasteiger partial charge >= 0.3 is 0 Å². The molecule has 0 spiro atoms. The van der Waals surface area contributed by atoms with Crippen LogP contribution in [-0.2, 0) is 0 Å². The Morgan fingerprint density at radius 2 is 1.17 bits per heavy atom. The molecule has 0 nitrogen and oxygen atoms in total. The first-order valence-corrected chi connectivity index (χ1v) is 7.54. The third-order valence-electron chi connectivity index (χ3n) is 3.45. The summed E-state index contributed by atoms with van der Waals surface area (Å²) < 4.78 is 2.30. The van der Waals surface area contributed by atoms with Gasteiger partial charge in [0.05, 0.1) is 0 Å². The number of rotatable bonds is 1. The van der Waals surface area contributed by atoms with Gasteiger partial charge in [-0.2, -0.15) is 0 Å². The number of hydrogen-bond donors (Lipinski definition) is 0. The molecule has 0 aromatic heterocycles. The molecule has 2 heteroatoms. The molecule has 18 heavy (non-hydrogen) atoms. The molecule has 0 amide bonds. The molecule has 94 valence electrons. The fourth-order valence-corrected chi connectivity index (χ4v) is 3.59. The normalized spacial score (nSPS) is 10.8. The molecule has 2 aromatic rings. The first-order chi connectivity index (χ1) is 8.43. The van der Waals surface area contributed by atoms with Crippen molar-refractivity contribution in [2.75, 3.05) is 0 Å². The summed E-state index contributed by atoms with van der Waals surface area (Å²) in [6.07, 6.45) is 0. The molecule has 0 unspecified atom stereocenters. The average molecular weight is 368 g/mol. The van der Waals surface area contributed by atoms with Crippen molar-refractivity contribution in [2.45, 2.75) is 27.7 Å². The lowest BCUT2D eigenvalue weighted by molar-refractivity contribution is 1.29. The third-order valence-corrected chi connectivity index (χ3v) is 5.10. The standard InChI is InChI=1S/C16H16Br2/c1-9-6-5-7-10(2)15(9)16-11(3)13(17)8-14(18)12(16)4/h5-8H,1-4H3. The molecule has 0 radical (unpaired) electrons. The Hall–Kier alpha value is -0.600. The van der Waals surface area contributed by atoms with E-state index in [1.54, 1.807) is 0 Å². The van der Waals surface area contributed by atoms with Crippen LogP contribution in [0.5, 0.6) is 0 Å². The lowest BCUT2D eigenvalue weighted by Gasteiger charge is -2.18. The van der Waals surface area contributed by atoms with Gasteiger partial charge in [0.15, 0.2) is 0 Å². The second-order valence-electron chi connectivity index (χ2n) is 4.73. The SMILES string of the molecule is Cc1cccc(C)c1-c1c(C)c(Br)cc(Br)c1C. The molecule has 2 aromatic carbocycles. The number of aryl methyl sites for hydroxylation is 2. The summed E-state index contributed by atoms with van der Waals surface area (Å²) in [5.41, 5.74) is 7.94. The van der Waals surface area contributed by atoms with Crippen LogP contribution in [-0.4, -0.2) is 0 Å². The number of hydrogen-bond acceptors (Lipinski definition) is 0. The van der Waals surface area contributed by atoms with Crippen molar-refractivity contribution >= 4 is 31.9 Å². The van der Waals surface area contributed by atoms with Gasteiger partial charge in [-0.1, -0.05) is 50.1 Å². The fraction of sp³-hybridized carbons (Fsp3) is 0.250. The highest BCUT2D eigenvalue weighted by atomic mass is 79.9. The van der Waals surface area contributed by atoms with Crippen LogP contribution in [0.1, 0.15) is 22.3 Å². The second-order valence-corrected chi connectivity index (χ2v) is 6.44. The molecule has 0 aliphatic heterocycles. The molecule has 0 aliphatic rings. The minimum Gasteiger partial charge on any atom is -0.0617 e. The van der Waals surface area contributed by atoms with E-state index in [4.69, 9.17) is 0 Å². The van der Waals surface area contributed by atoms with Crippen LogP contribution in [0.3, 0.4) is 0 Å². The lowest BCUT2D eigenvalue weighted by Crippen LogP contribution is -1.95. The van der Waals surface area contributed by atoms with Gasteiger partial charge in [0.1, 0.15) is 0 Å². The maximum absolute atomic E-state index is 3.65. The van der Waals surface area contributed by atoms with E-state index in [1.165, 1.54) is 33.4 Å². The third kappa shape index (κ3) is 2.28. The highest BCUT2D eigenvalue weighted by Gasteiger charge is 2.15. The smallest absolute Gasteiger partial charge is 0.0222 e. The quantitative estimate of drug-likeness (QED) is 0.570. The van der Waals surface area contributed by atoms with Crippen molar-refractivity contribution in [1.29, 1.82) is 0 Å². The zero-order valence-corrected chi connectivity index (χ0v) is 14.2. The van der Waals surface area contributed by atoms with Crippen molar-refractivity contribution in [3.63, 3.8) is 0 Å². The van der Waals surface area contributed by atoms with Crippen LogP contribution in [0.15, 0.2) is 33.2 Å². The van der Waals surface area contributed by atoms with E-state index in [0.29, 0.717) is 0 Å². The average Bonchev–Trinajstić information content (AvgIpc) is 2.30. The van der Waals surface area contributed by atoms with Gasteiger partial charge in [0, 0.05) is 8.95 Å². The van der Waals surface area contributed by atoms with Crippen LogP contribution in [0.25, 0.3) is 11.1 Å². The van der Waals surface area contributed by atoms with E-state index in [-0.39, 0.29) is 0 Å². The van der Waals surface area contributed by atoms with Crippen LogP contribution < -0.4 is 0 Å². The van der Waals surface area contributed by atoms with Crippen molar-refractivity contribution < 1.29 is 0 Å². The summed E-state index contributed by atoms with van der Waals surface area (Å²) in [5.74, 6) is 0. The minimum atomic E-state index is 1.15. The Labute approximate surface area is 126 Å². The van der Waals surface area contributed by atoms with E-state index < -0.39 is 0 Å². The molecule has 0 fully saturated rings.